The van der Waals surface area contributed by atoms with Crippen LogP contribution in [-0.4, -0.2) is 0 Å². The van der Waals surface area contributed by atoms with E-state index >= 15 is 0 Å². The number of rotatable bonds is 5. The summed E-state index contributed by atoms with van der Waals surface area (Å²) in [7, 11) is 0. The zero-order valence-corrected chi connectivity index (χ0v) is 16.2. The van der Waals surface area contributed by atoms with Crippen LogP contribution in [0.3, 0.4) is 0 Å². The number of hydrogen-bond donors (Lipinski definition) is 0. The molecule has 4 rings (SSSR count). The summed E-state index contributed by atoms with van der Waals surface area (Å²) in [6.45, 7) is 2.50. The van der Waals surface area contributed by atoms with Gasteiger partial charge in [-0.3, -0.25) is 0 Å². The molecule has 140 valence electrons. The maximum Gasteiger partial charge on any atom is 0.336 e. The molecule has 28 heavy (non-hydrogen) atoms. The largest absolute Gasteiger partial charge is 0.488 e. The van der Waals surface area contributed by atoms with Gasteiger partial charge in [-0.25, -0.2) is 4.79 Å². The first-order valence-electron chi connectivity index (χ1n) is 9.17. The number of hydrogen-bond acceptors (Lipinski definition) is 3. The summed E-state index contributed by atoms with van der Waals surface area (Å²) in [6.07, 6.45) is 0.805. The first kappa shape index (κ1) is 18.3. The summed E-state index contributed by atoms with van der Waals surface area (Å²) in [4.78, 5) is 12.1. The van der Waals surface area contributed by atoms with Crippen molar-refractivity contribution in [1.29, 1.82) is 0 Å². The molecule has 0 aliphatic carbocycles. The Labute approximate surface area is 168 Å². The van der Waals surface area contributed by atoms with Gasteiger partial charge in [-0.15, -0.1) is 0 Å². The van der Waals surface area contributed by atoms with Gasteiger partial charge in [0.25, 0.3) is 0 Å². The fourth-order valence-corrected chi connectivity index (χ4v) is 3.37. The topological polar surface area (TPSA) is 39.4 Å². The van der Waals surface area contributed by atoms with Gasteiger partial charge in [-0.05, 0) is 46.9 Å². The highest BCUT2D eigenvalue weighted by Crippen LogP contribution is 2.33. The summed E-state index contributed by atoms with van der Waals surface area (Å²) < 4.78 is 11.5. The van der Waals surface area contributed by atoms with Crippen molar-refractivity contribution in [3.05, 3.63) is 99.4 Å². The van der Waals surface area contributed by atoms with Crippen LogP contribution < -0.4 is 10.4 Å². The number of aryl methyl sites for hydroxylation is 1. The summed E-state index contributed by atoms with van der Waals surface area (Å²) in [6, 6.07) is 22.8. The fraction of sp³-hybridized carbons (Fsp3) is 0.125. The van der Waals surface area contributed by atoms with Crippen LogP contribution in [0.5, 0.6) is 5.75 Å². The fourth-order valence-electron chi connectivity index (χ4n) is 3.24. The lowest BCUT2D eigenvalue weighted by Crippen LogP contribution is -2.02. The monoisotopic (exact) mass is 390 g/mol. The maximum atomic E-state index is 12.1. The molecule has 0 saturated carbocycles. The molecule has 0 saturated heterocycles. The molecule has 0 amide bonds. The minimum atomic E-state index is -0.376. The molecule has 0 atom stereocenters. The zero-order valence-electron chi connectivity index (χ0n) is 15.4. The molecule has 0 aliphatic rings. The van der Waals surface area contributed by atoms with Crippen molar-refractivity contribution < 1.29 is 9.15 Å². The Kier molecular flexibility index (Phi) is 5.18. The number of benzene rings is 3. The number of ether oxygens (including phenoxy) is 1. The Morgan fingerprint density at radius 2 is 1.71 bits per heavy atom. The standard InChI is InChI=1S/C24H19ClO3/c1-2-17-12-21-20(18-6-4-3-5-7-18)13-24(26)28-23(21)14-22(17)27-15-16-8-10-19(25)11-9-16/h3-14H,2,15H2,1H3. The third kappa shape index (κ3) is 3.80. The Balaban J connectivity index is 1.76. The molecule has 0 radical (unpaired) electrons. The van der Waals surface area contributed by atoms with E-state index < -0.39 is 0 Å². The quantitative estimate of drug-likeness (QED) is 0.378. The van der Waals surface area contributed by atoms with Crippen molar-refractivity contribution in [1.82, 2.24) is 0 Å². The Hall–Kier alpha value is -3.04. The predicted octanol–water partition coefficient (Wildman–Crippen LogP) is 6.25. The van der Waals surface area contributed by atoms with Gasteiger partial charge in [0, 0.05) is 22.5 Å². The Bertz CT molecular complexity index is 1160. The SMILES string of the molecule is CCc1cc2c(-c3ccccc3)cc(=O)oc2cc1OCc1ccc(Cl)cc1. The van der Waals surface area contributed by atoms with Crippen molar-refractivity contribution >= 4 is 22.6 Å². The van der Waals surface area contributed by atoms with E-state index in [1.165, 1.54) is 0 Å². The lowest BCUT2D eigenvalue weighted by molar-refractivity contribution is 0.303. The van der Waals surface area contributed by atoms with E-state index in [0.29, 0.717) is 17.2 Å². The molecule has 0 bridgehead atoms. The van der Waals surface area contributed by atoms with Crippen LogP contribution in [0.1, 0.15) is 18.1 Å². The van der Waals surface area contributed by atoms with Gasteiger partial charge in [-0.2, -0.15) is 0 Å². The highest BCUT2D eigenvalue weighted by Gasteiger charge is 2.13. The number of halogens is 1. The molecule has 3 aromatic carbocycles. The van der Waals surface area contributed by atoms with Crippen LogP contribution in [0.25, 0.3) is 22.1 Å². The molecular weight excluding hydrogens is 372 g/mol. The van der Waals surface area contributed by atoms with Crippen molar-refractivity contribution in [2.24, 2.45) is 0 Å². The van der Waals surface area contributed by atoms with Gasteiger partial charge >= 0.3 is 5.63 Å². The minimum absolute atomic E-state index is 0.376. The molecule has 3 nitrogen and oxygen atoms in total. The number of fused-ring (bicyclic) bond motifs is 1. The van der Waals surface area contributed by atoms with Gasteiger partial charge in [0.1, 0.15) is 17.9 Å². The van der Waals surface area contributed by atoms with E-state index in [1.54, 1.807) is 6.07 Å². The third-order valence-electron chi connectivity index (χ3n) is 4.70. The summed E-state index contributed by atoms with van der Waals surface area (Å²) in [5.74, 6) is 0.721. The maximum absolute atomic E-state index is 12.1. The van der Waals surface area contributed by atoms with E-state index in [2.05, 4.69) is 13.0 Å². The Morgan fingerprint density at radius 1 is 0.964 bits per heavy atom. The van der Waals surface area contributed by atoms with Crippen LogP contribution in [0.4, 0.5) is 0 Å². The van der Waals surface area contributed by atoms with E-state index in [0.717, 1.165) is 39.8 Å². The molecule has 1 heterocycles. The first-order chi connectivity index (χ1) is 13.6. The lowest BCUT2D eigenvalue weighted by Gasteiger charge is -2.13. The van der Waals surface area contributed by atoms with Gasteiger partial charge in [0.05, 0.1) is 0 Å². The average Bonchev–Trinajstić information content (AvgIpc) is 2.72. The van der Waals surface area contributed by atoms with E-state index in [-0.39, 0.29) is 5.63 Å². The summed E-state index contributed by atoms with van der Waals surface area (Å²) in [5, 5.41) is 1.60. The van der Waals surface area contributed by atoms with Crippen LogP contribution >= 0.6 is 11.6 Å². The van der Waals surface area contributed by atoms with Crippen molar-refractivity contribution in [2.75, 3.05) is 0 Å². The predicted molar refractivity (Wildman–Crippen MR) is 113 cm³/mol. The van der Waals surface area contributed by atoms with E-state index in [9.17, 15) is 4.79 Å². The van der Waals surface area contributed by atoms with Gasteiger partial charge in [0.15, 0.2) is 0 Å². The second-order valence-electron chi connectivity index (χ2n) is 6.57. The molecular formula is C24H19ClO3. The highest BCUT2D eigenvalue weighted by molar-refractivity contribution is 6.30. The first-order valence-corrected chi connectivity index (χ1v) is 9.55. The second-order valence-corrected chi connectivity index (χ2v) is 7.01. The Morgan fingerprint density at radius 3 is 2.43 bits per heavy atom. The smallest absolute Gasteiger partial charge is 0.336 e. The van der Waals surface area contributed by atoms with Crippen molar-refractivity contribution in [3.8, 4) is 16.9 Å². The van der Waals surface area contributed by atoms with Crippen molar-refractivity contribution in [3.63, 3.8) is 0 Å². The lowest BCUT2D eigenvalue weighted by atomic mass is 9.99. The van der Waals surface area contributed by atoms with E-state index in [4.69, 9.17) is 20.8 Å². The molecule has 4 heteroatoms. The molecule has 0 N–H and O–H groups in total. The summed E-state index contributed by atoms with van der Waals surface area (Å²) in [5.41, 5.74) is 4.08. The molecule has 0 unspecified atom stereocenters. The van der Waals surface area contributed by atoms with Gasteiger partial charge in [-0.1, -0.05) is 61.0 Å². The van der Waals surface area contributed by atoms with E-state index in [1.807, 2.05) is 60.7 Å². The second kappa shape index (κ2) is 7.91. The van der Waals surface area contributed by atoms with Crippen LogP contribution in [-0.2, 0) is 13.0 Å². The summed E-state index contributed by atoms with van der Waals surface area (Å²) >= 11 is 5.94. The van der Waals surface area contributed by atoms with Crippen molar-refractivity contribution in [2.45, 2.75) is 20.0 Å². The molecule has 0 aliphatic heterocycles. The minimum Gasteiger partial charge on any atom is -0.488 e. The third-order valence-corrected chi connectivity index (χ3v) is 4.95. The highest BCUT2D eigenvalue weighted by atomic mass is 35.5. The van der Waals surface area contributed by atoms with Crippen LogP contribution in [0.15, 0.2) is 82.0 Å². The normalized spacial score (nSPS) is 10.9. The van der Waals surface area contributed by atoms with Crippen LogP contribution in [0.2, 0.25) is 5.02 Å². The zero-order chi connectivity index (χ0) is 19.5. The molecule has 4 aromatic rings. The molecule has 1 aromatic heterocycles. The van der Waals surface area contributed by atoms with Crippen LogP contribution in [0, 0.1) is 0 Å². The average molecular weight is 391 g/mol. The van der Waals surface area contributed by atoms with Gasteiger partial charge in [0.2, 0.25) is 0 Å². The molecule has 0 spiro atoms. The van der Waals surface area contributed by atoms with Gasteiger partial charge < -0.3 is 9.15 Å². The molecule has 0 fully saturated rings.